The molecule has 0 aliphatic heterocycles. The highest BCUT2D eigenvalue weighted by Crippen LogP contribution is 2.17. The summed E-state index contributed by atoms with van der Waals surface area (Å²) in [5.74, 6) is -0.310. The van der Waals surface area contributed by atoms with Gasteiger partial charge in [-0.2, -0.15) is 0 Å². The minimum Gasteiger partial charge on any atom is -0.387 e. The van der Waals surface area contributed by atoms with Gasteiger partial charge in [-0.1, -0.05) is 24.3 Å². The zero-order valence-corrected chi connectivity index (χ0v) is 13.2. The lowest BCUT2D eigenvalue weighted by molar-refractivity contribution is 0.170. The molecular formula is C17H18FN5O. The molecule has 0 bridgehead atoms. The van der Waals surface area contributed by atoms with Crippen molar-refractivity contribution in [2.75, 3.05) is 6.54 Å². The number of tetrazole rings is 1. The lowest BCUT2D eigenvalue weighted by Crippen LogP contribution is -2.24. The highest BCUT2D eigenvalue weighted by Gasteiger charge is 2.11. The predicted octanol–water partition coefficient (Wildman–Crippen LogP) is 2.19. The Morgan fingerprint density at radius 1 is 1.08 bits per heavy atom. The molecule has 2 N–H and O–H groups in total. The highest BCUT2D eigenvalue weighted by atomic mass is 19.1. The second-order valence-electron chi connectivity index (χ2n) is 5.54. The zero-order valence-electron chi connectivity index (χ0n) is 13.2. The van der Waals surface area contributed by atoms with E-state index in [1.54, 1.807) is 16.8 Å². The third-order valence-corrected chi connectivity index (χ3v) is 3.88. The normalized spacial score (nSPS) is 13.6. The quantitative estimate of drug-likeness (QED) is 0.726. The van der Waals surface area contributed by atoms with Gasteiger partial charge < -0.3 is 10.4 Å². The van der Waals surface area contributed by atoms with E-state index in [9.17, 15) is 9.50 Å². The Labute approximate surface area is 138 Å². The molecule has 2 atom stereocenters. The average molecular weight is 327 g/mol. The van der Waals surface area contributed by atoms with E-state index in [4.69, 9.17) is 0 Å². The number of aliphatic hydroxyl groups is 1. The van der Waals surface area contributed by atoms with Gasteiger partial charge in [0, 0.05) is 12.6 Å². The van der Waals surface area contributed by atoms with Crippen LogP contribution in [0.4, 0.5) is 4.39 Å². The summed E-state index contributed by atoms with van der Waals surface area (Å²) >= 11 is 0. The van der Waals surface area contributed by atoms with Gasteiger partial charge in [0.15, 0.2) is 0 Å². The van der Waals surface area contributed by atoms with E-state index < -0.39 is 6.10 Å². The van der Waals surface area contributed by atoms with Crippen molar-refractivity contribution >= 4 is 0 Å². The van der Waals surface area contributed by atoms with Gasteiger partial charge in [-0.05, 0) is 52.7 Å². The molecule has 0 spiro atoms. The van der Waals surface area contributed by atoms with E-state index in [1.165, 1.54) is 18.5 Å². The van der Waals surface area contributed by atoms with Crippen molar-refractivity contribution in [3.05, 3.63) is 71.8 Å². The van der Waals surface area contributed by atoms with Gasteiger partial charge in [-0.15, -0.1) is 5.10 Å². The van der Waals surface area contributed by atoms with Crippen LogP contribution in [0.3, 0.4) is 0 Å². The Hall–Kier alpha value is -2.64. The number of nitrogens with one attached hydrogen (secondary N) is 1. The number of halogens is 1. The number of aliphatic hydroxyl groups excluding tert-OH is 1. The Morgan fingerprint density at radius 3 is 2.38 bits per heavy atom. The summed E-state index contributed by atoms with van der Waals surface area (Å²) < 4.78 is 14.5. The monoisotopic (exact) mass is 327 g/mol. The third-order valence-electron chi connectivity index (χ3n) is 3.88. The zero-order chi connectivity index (χ0) is 16.9. The number of hydrogen-bond donors (Lipinski definition) is 2. The molecule has 0 amide bonds. The SMILES string of the molecule is CC(NCC(O)c1ccc(F)cc1)c1ccc(-n2cnnn2)cc1. The van der Waals surface area contributed by atoms with Crippen LogP contribution < -0.4 is 5.32 Å². The molecule has 0 aliphatic carbocycles. The minimum absolute atomic E-state index is 0.0584. The van der Waals surface area contributed by atoms with Gasteiger partial charge in [0.05, 0.1) is 11.8 Å². The maximum atomic E-state index is 12.9. The van der Waals surface area contributed by atoms with Crippen molar-refractivity contribution in [2.24, 2.45) is 0 Å². The maximum absolute atomic E-state index is 12.9. The number of aromatic nitrogens is 4. The molecular weight excluding hydrogens is 309 g/mol. The van der Waals surface area contributed by atoms with Crippen molar-refractivity contribution < 1.29 is 9.50 Å². The number of nitrogens with zero attached hydrogens (tertiary/aromatic N) is 4. The number of hydrogen-bond acceptors (Lipinski definition) is 5. The van der Waals surface area contributed by atoms with Gasteiger partial charge in [0.2, 0.25) is 0 Å². The van der Waals surface area contributed by atoms with Gasteiger partial charge in [-0.3, -0.25) is 0 Å². The standard InChI is InChI=1S/C17H18FN5O/c1-12(19-10-17(24)14-2-6-15(18)7-3-14)13-4-8-16(9-5-13)23-11-20-21-22-23/h2-9,11-12,17,19,24H,10H2,1H3. The molecule has 3 aromatic rings. The molecule has 6 nitrogen and oxygen atoms in total. The average Bonchev–Trinajstić information content (AvgIpc) is 3.15. The van der Waals surface area contributed by atoms with Crippen molar-refractivity contribution in [1.29, 1.82) is 0 Å². The smallest absolute Gasteiger partial charge is 0.143 e. The van der Waals surface area contributed by atoms with Gasteiger partial charge in [-0.25, -0.2) is 9.07 Å². The topological polar surface area (TPSA) is 75.9 Å². The van der Waals surface area contributed by atoms with Crippen LogP contribution in [-0.4, -0.2) is 31.9 Å². The molecule has 3 rings (SSSR count). The van der Waals surface area contributed by atoms with E-state index in [0.29, 0.717) is 12.1 Å². The summed E-state index contributed by atoms with van der Waals surface area (Å²) in [5, 5.41) is 24.5. The first-order valence-electron chi connectivity index (χ1n) is 7.64. The highest BCUT2D eigenvalue weighted by molar-refractivity contribution is 5.34. The number of benzene rings is 2. The molecule has 124 valence electrons. The van der Waals surface area contributed by atoms with Crippen molar-refractivity contribution in [1.82, 2.24) is 25.5 Å². The Balaban J connectivity index is 1.58. The maximum Gasteiger partial charge on any atom is 0.143 e. The Kier molecular flexibility index (Phi) is 4.93. The van der Waals surface area contributed by atoms with E-state index in [0.717, 1.165) is 11.3 Å². The fourth-order valence-corrected chi connectivity index (χ4v) is 2.40. The summed E-state index contributed by atoms with van der Waals surface area (Å²) in [6, 6.07) is 13.8. The van der Waals surface area contributed by atoms with E-state index in [2.05, 4.69) is 20.8 Å². The molecule has 0 radical (unpaired) electrons. The first-order valence-corrected chi connectivity index (χ1v) is 7.64. The molecule has 0 aliphatic rings. The predicted molar refractivity (Wildman–Crippen MR) is 86.9 cm³/mol. The van der Waals surface area contributed by atoms with Crippen LogP contribution in [-0.2, 0) is 0 Å². The van der Waals surface area contributed by atoms with E-state index >= 15 is 0 Å². The molecule has 1 heterocycles. The van der Waals surface area contributed by atoms with Crippen LogP contribution in [0.15, 0.2) is 54.9 Å². The Bertz CT molecular complexity index is 759. The van der Waals surface area contributed by atoms with Crippen molar-refractivity contribution in [3.8, 4) is 5.69 Å². The van der Waals surface area contributed by atoms with Gasteiger partial charge in [0.25, 0.3) is 0 Å². The van der Waals surface area contributed by atoms with Gasteiger partial charge >= 0.3 is 0 Å². The Morgan fingerprint density at radius 2 is 1.75 bits per heavy atom. The largest absolute Gasteiger partial charge is 0.387 e. The summed E-state index contributed by atoms with van der Waals surface area (Å²) in [6.45, 7) is 2.39. The van der Waals surface area contributed by atoms with Crippen LogP contribution in [0.2, 0.25) is 0 Å². The third kappa shape index (κ3) is 3.81. The second-order valence-corrected chi connectivity index (χ2v) is 5.54. The lowest BCUT2D eigenvalue weighted by atomic mass is 10.1. The molecule has 0 saturated heterocycles. The molecule has 2 unspecified atom stereocenters. The second kappa shape index (κ2) is 7.29. The molecule has 24 heavy (non-hydrogen) atoms. The molecule has 2 aromatic carbocycles. The van der Waals surface area contributed by atoms with Crippen molar-refractivity contribution in [2.45, 2.75) is 19.1 Å². The summed E-state index contributed by atoms with van der Waals surface area (Å²) in [6.07, 6.45) is 0.851. The van der Waals surface area contributed by atoms with Gasteiger partial charge in [0.1, 0.15) is 12.1 Å². The summed E-state index contributed by atoms with van der Waals surface area (Å²) in [5.41, 5.74) is 2.64. The van der Waals surface area contributed by atoms with E-state index in [1.807, 2.05) is 31.2 Å². The summed E-state index contributed by atoms with van der Waals surface area (Å²) in [7, 11) is 0. The van der Waals surface area contributed by atoms with Crippen molar-refractivity contribution in [3.63, 3.8) is 0 Å². The van der Waals surface area contributed by atoms with E-state index in [-0.39, 0.29) is 11.9 Å². The molecule has 0 saturated carbocycles. The lowest BCUT2D eigenvalue weighted by Gasteiger charge is -2.18. The first-order chi connectivity index (χ1) is 11.6. The molecule has 1 aromatic heterocycles. The van der Waals surface area contributed by atoms with Crippen LogP contribution >= 0.6 is 0 Å². The molecule has 7 heteroatoms. The fraction of sp³-hybridized carbons (Fsp3) is 0.235. The molecule has 0 fully saturated rings. The van der Waals surface area contributed by atoms with Crippen LogP contribution in [0, 0.1) is 5.82 Å². The fourth-order valence-electron chi connectivity index (χ4n) is 2.40. The minimum atomic E-state index is -0.687. The van der Waals surface area contributed by atoms with Crippen LogP contribution in [0.25, 0.3) is 5.69 Å². The van der Waals surface area contributed by atoms with Crippen LogP contribution in [0.1, 0.15) is 30.2 Å². The summed E-state index contributed by atoms with van der Waals surface area (Å²) in [4.78, 5) is 0. The number of rotatable bonds is 6. The first kappa shape index (κ1) is 16.2. The van der Waals surface area contributed by atoms with Crippen LogP contribution in [0.5, 0.6) is 0 Å².